The van der Waals surface area contributed by atoms with Crippen LogP contribution in [0, 0.1) is 6.92 Å². The van der Waals surface area contributed by atoms with Crippen LogP contribution in [-0.2, 0) is 16.6 Å². The first-order valence-electron chi connectivity index (χ1n) is 12.3. The molecule has 0 aromatic heterocycles. The number of carbonyl (C=O) groups excluding carboxylic acids is 1. The van der Waals surface area contributed by atoms with Gasteiger partial charge >= 0.3 is 0 Å². The zero-order valence-electron chi connectivity index (χ0n) is 21.6. The second kappa shape index (κ2) is 12.7. The molecule has 0 aliphatic carbocycles. The van der Waals surface area contributed by atoms with Crippen molar-refractivity contribution in [3.05, 3.63) is 119 Å². The minimum Gasteiger partial charge on any atom is -0.497 e. The Morgan fingerprint density at radius 3 is 2.23 bits per heavy atom. The Kier molecular flexibility index (Phi) is 9.11. The van der Waals surface area contributed by atoms with Gasteiger partial charge in [-0.15, -0.1) is 0 Å². The molecule has 0 atom stereocenters. The van der Waals surface area contributed by atoms with Gasteiger partial charge in [0.05, 0.1) is 30.8 Å². The molecule has 1 N–H and O–H groups in total. The second-order valence-corrected chi connectivity index (χ2v) is 11.0. The average Bonchev–Trinajstić information content (AvgIpc) is 2.96. The number of sulfonamides is 1. The molecule has 0 spiro atoms. The molecule has 4 aromatic carbocycles. The van der Waals surface area contributed by atoms with Gasteiger partial charge in [-0.1, -0.05) is 48.0 Å². The summed E-state index contributed by atoms with van der Waals surface area (Å²) in [4.78, 5) is 12.8. The van der Waals surface area contributed by atoms with Crippen molar-refractivity contribution in [1.29, 1.82) is 0 Å². The third kappa shape index (κ3) is 7.10. The van der Waals surface area contributed by atoms with Crippen molar-refractivity contribution in [3.63, 3.8) is 0 Å². The van der Waals surface area contributed by atoms with E-state index in [2.05, 4.69) is 5.32 Å². The molecule has 0 radical (unpaired) electrons. The highest BCUT2D eigenvalue weighted by atomic mass is 35.5. The van der Waals surface area contributed by atoms with Gasteiger partial charge in [-0.05, 0) is 78.7 Å². The molecule has 0 unspecified atom stereocenters. The fraction of sp³-hybridized carbons (Fsp3) is 0.167. The van der Waals surface area contributed by atoms with Crippen LogP contribution in [0.15, 0.2) is 102 Å². The normalized spacial score (nSPS) is 11.1. The summed E-state index contributed by atoms with van der Waals surface area (Å²) in [6.45, 7) is 2.53. The van der Waals surface area contributed by atoms with Gasteiger partial charge in [-0.25, -0.2) is 8.42 Å². The summed E-state index contributed by atoms with van der Waals surface area (Å²) in [7, 11) is -2.29. The number of amides is 1. The van der Waals surface area contributed by atoms with Crippen molar-refractivity contribution in [2.24, 2.45) is 0 Å². The quantitative estimate of drug-likeness (QED) is 0.231. The van der Waals surface area contributed by atoms with Gasteiger partial charge in [0.1, 0.15) is 18.1 Å². The summed E-state index contributed by atoms with van der Waals surface area (Å²) in [5.41, 5.74) is 2.43. The SMILES string of the molecule is COc1ccc(OCCNC(=O)c2ccc(CN(c3cc(Cl)ccc3C)S(=O)(=O)c3ccccc3)cc2)cc1. The minimum atomic E-state index is -3.89. The summed E-state index contributed by atoms with van der Waals surface area (Å²) >= 11 is 6.23. The Labute approximate surface area is 234 Å². The lowest BCUT2D eigenvalue weighted by Crippen LogP contribution is -2.31. The van der Waals surface area contributed by atoms with Crippen LogP contribution in [0.1, 0.15) is 21.5 Å². The predicted octanol–water partition coefficient (Wildman–Crippen LogP) is 5.86. The maximum absolute atomic E-state index is 13.7. The van der Waals surface area contributed by atoms with Crippen molar-refractivity contribution >= 4 is 33.2 Å². The van der Waals surface area contributed by atoms with Gasteiger partial charge in [0.2, 0.25) is 0 Å². The number of carbonyl (C=O) groups is 1. The predicted molar refractivity (Wildman–Crippen MR) is 153 cm³/mol. The fourth-order valence-corrected chi connectivity index (χ4v) is 5.60. The molecule has 4 aromatic rings. The number of nitrogens with zero attached hydrogens (tertiary/aromatic N) is 1. The monoisotopic (exact) mass is 564 g/mol. The van der Waals surface area contributed by atoms with Crippen molar-refractivity contribution in [1.82, 2.24) is 5.32 Å². The van der Waals surface area contributed by atoms with Crippen LogP contribution in [0.2, 0.25) is 5.02 Å². The highest BCUT2D eigenvalue weighted by molar-refractivity contribution is 7.92. The number of aryl methyl sites for hydroxylation is 1. The molecule has 0 aliphatic heterocycles. The molecular weight excluding hydrogens is 536 g/mol. The summed E-state index contributed by atoms with van der Waals surface area (Å²) in [6, 6.07) is 27.5. The van der Waals surface area contributed by atoms with E-state index in [0.29, 0.717) is 40.7 Å². The smallest absolute Gasteiger partial charge is 0.264 e. The summed E-state index contributed by atoms with van der Waals surface area (Å²) < 4.78 is 39.4. The van der Waals surface area contributed by atoms with E-state index in [1.807, 2.05) is 6.92 Å². The van der Waals surface area contributed by atoms with Crippen molar-refractivity contribution in [3.8, 4) is 11.5 Å². The van der Waals surface area contributed by atoms with E-state index in [1.165, 1.54) is 4.31 Å². The molecule has 202 valence electrons. The molecule has 4 rings (SSSR count). The van der Waals surface area contributed by atoms with E-state index in [4.69, 9.17) is 21.1 Å². The summed E-state index contributed by atoms with van der Waals surface area (Å²) in [5, 5.41) is 3.26. The van der Waals surface area contributed by atoms with E-state index in [9.17, 15) is 13.2 Å². The van der Waals surface area contributed by atoms with Crippen LogP contribution in [-0.4, -0.2) is 34.6 Å². The molecular formula is C30H29ClN2O5S. The molecule has 9 heteroatoms. The Morgan fingerprint density at radius 1 is 0.897 bits per heavy atom. The lowest BCUT2D eigenvalue weighted by atomic mass is 10.1. The van der Waals surface area contributed by atoms with Gasteiger partial charge in [0.25, 0.3) is 15.9 Å². The third-order valence-electron chi connectivity index (χ3n) is 6.03. The van der Waals surface area contributed by atoms with Crippen LogP contribution in [0.25, 0.3) is 0 Å². The van der Waals surface area contributed by atoms with E-state index in [0.717, 1.165) is 11.3 Å². The number of hydrogen-bond acceptors (Lipinski definition) is 5. The van der Waals surface area contributed by atoms with Gasteiger partial charge in [-0.3, -0.25) is 9.10 Å². The number of ether oxygens (including phenoxy) is 2. The summed E-state index contributed by atoms with van der Waals surface area (Å²) in [6.07, 6.45) is 0. The van der Waals surface area contributed by atoms with E-state index in [1.54, 1.807) is 104 Å². The third-order valence-corrected chi connectivity index (χ3v) is 8.04. The van der Waals surface area contributed by atoms with Crippen LogP contribution in [0.4, 0.5) is 5.69 Å². The number of hydrogen-bond donors (Lipinski definition) is 1. The number of halogens is 1. The molecule has 39 heavy (non-hydrogen) atoms. The standard InChI is InChI=1S/C30H29ClN2O5S/c1-22-8-13-25(31)20-29(22)33(39(35,36)28-6-4-3-5-7-28)21-23-9-11-24(12-10-23)30(34)32-18-19-38-27-16-14-26(37-2)15-17-27/h3-17,20H,18-19,21H2,1-2H3,(H,32,34). The zero-order chi connectivity index (χ0) is 27.8. The molecule has 7 nitrogen and oxygen atoms in total. The minimum absolute atomic E-state index is 0.0655. The molecule has 0 fully saturated rings. The largest absolute Gasteiger partial charge is 0.497 e. The first-order valence-corrected chi connectivity index (χ1v) is 14.1. The fourth-order valence-electron chi connectivity index (χ4n) is 3.91. The number of nitrogens with one attached hydrogen (secondary N) is 1. The van der Waals surface area contributed by atoms with Crippen LogP contribution >= 0.6 is 11.6 Å². The maximum atomic E-state index is 13.7. The number of methoxy groups -OCH3 is 1. The van der Waals surface area contributed by atoms with E-state index < -0.39 is 10.0 Å². The summed E-state index contributed by atoms with van der Waals surface area (Å²) in [5.74, 6) is 1.17. The Hall–Kier alpha value is -4.01. The Bertz CT molecular complexity index is 1510. The van der Waals surface area contributed by atoms with Crippen LogP contribution < -0.4 is 19.1 Å². The highest BCUT2D eigenvalue weighted by Gasteiger charge is 2.26. The number of benzene rings is 4. The number of rotatable bonds is 11. The van der Waals surface area contributed by atoms with Gasteiger partial charge in [0, 0.05) is 10.6 Å². The first-order chi connectivity index (χ1) is 18.8. The van der Waals surface area contributed by atoms with Crippen molar-refractivity contribution in [2.75, 3.05) is 24.6 Å². The second-order valence-electron chi connectivity index (χ2n) is 8.73. The molecule has 0 aliphatic rings. The average molecular weight is 565 g/mol. The van der Waals surface area contributed by atoms with Crippen molar-refractivity contribution in [2.45, 2.75) is 18.4 Å². The van der Waals surface area contributed by atoms with Crippen LogP contribution in [0.3, 0.4) is 0 Å². The first kappa shape index (κ1) is 28.0. The lowest BCUT2D eigenvalue weighted by Gasteiger charge is -2.26. The van der Waals surface area contributed by atoms with Crippen LogP contribution in [0.5, 0.6) is 11.5 Å². The highest BCUT2D eigenvalue weighted by Crippen LogP contribution is 2.31. The molecule has 0 saturated heterocycles. The topological polar surface area (TPSA) is 84.9 Å². The van der Waals surface area contributed by atoms with Gasteiger partial charge < -0.3 is 14.8 Å². The molecule has 1 amide bonds. The molecule has 0 bridgehead atoms. The van der Waals surface area contributed by atoms with E-state index in [-0.39, 0.29) is 17.3 Å². The van der Waals surface area contributed by atoms with E-state index >= 15 is 0 Å². The number of anilines is 1. The zero-order valence-corrected chi connectivity index (χ0v) is 23.2. The Morgan fingerprint density at radius 2 is 1.56 bits per heavy atom. The molecule has 0 heterocycles. The maximum Gasteiger partial charge on any atom is 0.264 e. The Balaban J connectivity index is 1.44. The van der Waals surface area contributed by atoms with Gasteiger partial charge in [-0.2, -0.15) is 0 Å². The van der Waals surface area contributed by atoms with Gasteiger partial charge in [0.15, 0.2) is 0 Å². The lowest BCUT2D eigenvalue weighted by molar-refractivity contribution is 0.0947. The molecule has 0 saturated carbocycles. The van der Waals surface area contributed by atoms with Crippen molar-refractivity contribution < 1.29 is 22.7 Å².